The predicted octanol–water partition coefficient (Wildman–Crippen LogP) is 3.04. The van der Waals surface area contributed by atoms with Crippen LogP contribution in [0.4, 0.5) is 5.69 Å². The third-order valence-corrected chi connectivity index (χ3v) is 4.37. The fraction of sp³-hybridized carbons (Fsp3) is 0.389. The topological polar surface area (TPSA) is 68.5 Å². The van der Waals surface area contributed by atoms with Crippen LogP contribution < -0.4 is 5.32 Å². The first-order chi connectivity index (χ1) is 11.4. The largest absolute Gasteiger partial charge is 0.379 e. The molecule has 1 atom stereocenters. The monoisotopic (exact) mass is 326 g/mol. The molecular weight excluding hydrogens is 304 g/mol. The van der Waals surface area contributed by atoms with Crippen LogP contribution in [0.1, 0.15) is 37.2 Å². The van der Waals surface area contributed by atoms with Crippen molar-refractivity contribution < 1.29 is 9.63 Å². The molecule has 1 aromatic carbocycles. The standard InChI is InChI=1S/C18H22N4O2/c1-5-22-13(3)16(12(2)20-22)19-17(23)18(4)11-15(21-24-18)14-9-7-6-8-10-14/h6-10H,5,11H2,1-4H3,(H,19,23). The van der Waals surface area contributed by atoms with Gasteiger partial charge in [-0.3, -0.25) is 9.48 Å². The Kier molecular flexibility index (Phi) is 4.13. The van der Waals surface area contributed by atoms with Crippen molar-refractivity contribution in [2.24, 2.45) is 5.16 Å². The zero-order chi connectivity index (χ0) is 17.3. The summed E-state index contributed by atoms with van der Waals surface area (Å²) < 4.78 is 1.87. The van der Waals surface area contributed by atoms with E-state index in [2.05, 4.69) is 15.6 Å². The lowest BCUT2D eigenvalue weighted by molar-refractivity contribution is -0.135. The summed E-state index contributed by atoms with van der Waals surface area (Å²) in [6, 6.07) is 9.76. The molecule has 1 N–H and O–H groups in total. The Morgan fingerprint density at radius 1 is 1.33 bits per heavy atom. The van der Waals surface area contributed by atoms with E-state index in [1.54, 1.807) is 6.92 Å². The molecule has 6 heteroatoms. The summed E-state index contributed by atoms with van der Waals surface area (Å²) in [5.41, 5.74) is 3.23. The van der Waals surface area contributed by atoms with Gasteiger partial charge in [-0.15, -0.1) is 0 Å². The molecule has 0 bridgehead atoms. The second-order valence-electron chi connectivity index (χ2n) is 6.22. The highest BCUT2D eigenvalue weighted by Crippen LogP contribution is 2.29. The molecule has 2 aromatic rings. The molecule has 6 nitrogen and oxygen atoms in total. The third kappa shape index (κ3) is 2.79. The second-order valence-corrected chi connectivity index (χ2v) is 6.22. The molecule has 1 amide bonds. The van der Waals surface area contributed by atoms with Gasteiger partial charge in [-0.1, -0.05) is 35.5 Å². The molecule has 2 heterocycles. The van der Waals surface area contributed by atoms with Crippen LogP contribution in [0.2, 0.25) is 0 Å². The van der Waals surface area contributed by atoms with Crippen molar-refractivity contribution in [3.05, 3.63) is 47.3 Å². The number of aromatic nitrogens is 2. The average Bonchev–Trinajstić information content (AvgIpc) is 3.12. The Bertz CT molecular complexity index is 795. The van der Waals surface area contributed by atoms with Gasteiger partial charge >= 0.3 is 0 Å². The molecule has 1 aromatic heterocycles. The molecular formula is C18H22N4O2. The minimum atomic E-state index is -1.02. The first-order valence-electron chi connectivity index (χ1n) is 8.10. The quantitative estimate of drug-likeness (QED) is 0.939. The van der Waals surface area contributed by atoms with Crippen LogP contribution in [0.25, 0.3) is 0 Å². The summed E-state index contributed by atoms with van der Waals surface area (Å²) in [7, 11) is 0. The van der Waals surface area contributed by atoms with E-state index in [4.69, 9.17) is 4.84 Å². The molecule has 24 heavy (non-hydrogen) atoms. The lowest BCUT2D eigenvalue weighted by Gasteiger charge is -2.20. The van der Waals surface area contributed by atoms with Crippen LogP contribution in [0, 0.1) is 13.8 Å². The zero-order valence-electron chi connectivity index (χ0n) is 14.5. The van der Waals surface area contributed by atoms with Gasteiger partial charge in [0, 0.05) is 13.0 Å². The number of carbonyl (C=O) groups excluding carboxylic acids is 1. The van der Waals surface area contributed by atoms with E-state index in [0.717, 1.165) is 34.9 Å². The van der Waals surface area contributed by atoms with Gasteiger partial charge < -0.3 is 10.2 Å². The Morgan fingerprint density at radius 2 is 2.04 bits per heavy atom. The molecule has 0 fully saturated rings. The minimum Gasteiger partial charge on any atom is -0.379 e. The number of oxime groups is 1. The van der Waals surface area contributed by atoms with Crippen LogP contribution in [-0.2, 0) is 16.2 Å². The number of anilines is 1. The van der Waals surface area contributed by atoms with Crippen LogP contribution in [0.15, 0.2) is 35.5 Å². The molecule has 0 radical (unpaired) electrons. The van der Waals surface area contributed by atoms with Crippen LogP contribution in [0.5, 0.6) is 0 Å². The Balaban J connectivity index is 1.76. The maximum atomic E-state index is 12.8. The van der Waals surface area contributed by atoms with Crippen LogP contribution in [-0.4, -0.2) is 27.0 Å². The summed E-state index contributed by atoms with van der Waals surface area (Å²) in [5, 5.41) is 11.5. The highest BCUT2D eigenvalue weighted by molar-refractivity contribution is 6.08. The highest BCUT2D eigenvalue weighted by Gasteiger charge is 2.42. The van der Waals surface area contributed by atoms with Gasteiger partial charge in [0.2, 0.25) is 5.60 Å². The molecule has 0 saturated heterocycles. The predicted molar refractivity (Wildman–Crippen MR) is 93.1 cm³/mol. The van der Waals surface area contributed by atoms with Crippen molar-refractivity contribution in [3.63, 3.8) is 0 Å². The number of rotatable bonds is 4. The van der Waals surface area contributed by atoms with E-state index in [0.29, 0.717) is 6.42 Å². The number of nitrogens with one attached hydrogen (secondary N) is 1. The third-order valence-electron chi connectivity index (χ3n) is 4.37. The molecule has 0 aliphatic carbocycles. The van der Waals surface area contributed by atoms with E-state index in [1.807, 2.05) is 55.8 Å². The van der Waals surface area contributed by atoms with Crippen molar-refractivity contribution in [3.8, 4) is 0 Å². The summed E-state index contributed by atoms with van der Waals surface area (Å²) in [5.74, 6) is -0.209. The van der Waals surface area contributed by atoms with Gasteiger partial charge in [0.15, 0.2) is 0 Å². The van der Waals surface area contributed by atoms with Crippen molar-refractivity contribution in [2.75, 3.05) is 5.32 Å². The van der Waals surface area contributed by atoms with Gasteiger partial charge in [-0.25, -0.2) is 0 Å². The number of nitrogens with zero attached hydrogens (tertiary/aromatic N) is 3. The average molecular weight is 326 g/mol. The Morgan fingerprint density at radius 3 is 2.67 bits per heavy atom. The highest BCUT2D eigenvalue weighted by atomic mass is 16.7. The van der Waals surface area contributed by atoms with Gasteiger partial charge in [-0.05, 0) is 33.3 Å². The van der Waals surface area contributed by atoms with E-state index in [-0.39, 0.29) is 5.91 Å². The van der Waals surface area contributed by atoms with Gasteiger partial charge in [0.05, 0.1) is 22.8 Å². The van der Waals surface area contributed by atoms with E-state index >= 15 is 0 Å². The first kappa shape index (κ1) is 16.2. The first-order valence-corrected chi connectivity index (χ1v) is 8.10. The number of hydrogen-bond acceptors (Lipinski definition) is 4. The van der Waals surface area contributed by atoms with Gasteiger partial charge in [-0.2, -0.15) is 5.10 Å². The Hall–Kier alpha value is -2.63. The second kappa shape index (κ2) is 6.11. The Labute approximate surface area is 141 Å². The molecule has 126 valence electrons. The van der Waals surface area contributed by atoms with Crippen molar-refractivity contribution in [2.45, 2.75) is 46.3 Å². The van der Waals surface area contributed by atoms with E-state index < -0.39 is 5.60 Å². The number of benzene rings is 1. The molecule has 0 spiro atoms. The molecule has 0 saturated carbocycles. The normalized spacial score (nSPS) is 19.8. The van der Waals surface area contributed by atoms with Crippen molar-refractivity contribution >= 4 is 17.3 Å². The van der Waals surface area contributed by atoms with E-state index in [9.17, 15) is 4.79 Å². The molecule has 1 aliphatic rings. The summed E-state index contributed by atoms with van der Waals surface area (Å²) in [6.07, 6.45) is 0.433. The number of aryl methyl sites for hydroxylation is 2. The minimum absolute atomic E-state index is 0.209. The fourth-order valence-electron chi connectivity index (χ4n) is 2.88. The van der Waals surface area contributed by atoms with Gasteiger partial charge in [0.25, 0.3) is 5.91 Å². The summed E-state index contributed by atoms with van der Waals surface area (Å²) in [6.45, 7) is 8.38. The number of carbonyl (C=O) groups is 1. The lowest BCUT2D eigenvalue weighted by Crippen LogP contribution is -2.40. The maximum Gasteiger partial charge on any atom is 0.271 e. The molecule has 1 aliphatic heterocycles. The summed E-state index contributed by atoms with van der Waals surface area (Å²) >= 11 is 0. The lowest BCUT2D eigenvalue weighted by atomic mass is 9.95. The molecule has 1 unspecified atom stereocenters. The van der Waals surface area contributed by atoms with Crippen molar-refractivity contribution in [1.29, 1.82) is 0 Å². The van der Waals surface area contributed by atoms with Crippen LogP contribution in [0.3, 0.4) is 0 Å². The number of amides is 1. The van der Waals surface area contributed by atoms with E-state index in [1.165, 1.54) is 0 Å². The SMILES string of the molecule is CCn1nc(C)c(NC(=O)C2(C)CC(c3ccccc3)=NO2)c1C. The number of hydrogen-bond donors (Lipinski definition) is 1. The molecule has 3 rings (SSSR count). The fourth-order valence-corrected chi connectivity index (χ4v) is 2.88. The van der Waals surface area contributed by atoms with Crippen LogP contribution >= 0.6 is 0 Å². The van der Waals surface area contributed by atoms with Crippen molar-refractivity contribution in [1.82, 2.24) is 9.78 Å². The maximum absolute atomic E-state index is 12.8. The zero-order valence-corrected chi connectivity index (χ0v) is 14.5. The summed E-state index contributed by atoms with van der Waals surface area (Å²) in [4.78, 5) is 18.3. The van der Waals surface area contributed by atoms with Gasteiger partial charge in [0.1, 0.15) is 0 Å². The smallest absolute Gasteiger partial charge is 0.271 e.